The van der Waals surface area contributed by atoms with Gasteiger partial charge in [-0.2, -0.15) is 0 Å². The maximum Gasteiger partial charge on any atom is 0.407 e. The van der Waals surface area contributed by atoms with Gasteiger partial charge in [-0.1, -0.05) is 0 Å². The lowest BCUT2D eigenvalue weighted by Gasteiger charge is -2.21. The number of alkyl carbamates (subject to hydrolysis) is 1. The summed E-state index contributed by atoms with van der Waals surface area (Å²) in [5.74, 6) is 0. The second kappa shape index (κ2) is 7.59. The molecule has 0 aliphatic carbocycles. The number of nitrogens with one attached hydrogen (secondary N) is 1. The smallest absolute Gasteiger partial charge is 0.407 e. The summed E-state index contributed by atoms with van der Waals surface area (Å²) in [6, 6.07) is 0. The molecule has 0 radical (unpaired) electrons. The van der Waals surface area contributed by atoms with Crippen LogP contribution >= 0.6 is 0 Å². The van der Waals surface area contributed by atoms with Crippen molar-refractivity contribution in [2.75, 3.05) is 39.4 Å². The third-order valence-corrected chi connectivity index (χ3v) is 2.63. The molecule has 1 rings (SSSR count). The Morgan fingerprint density at radius 2 is 2.11 bits per heavy atom. The third-order valence-electron chi connectivity index (χ3n) is 2.63. The van der Waals surface area contributed by atoms with Crippen LogP contribution in [0.3, 0.4) is 0 Å². The van der Waals surface area contributed by atoms with Gasteiger partial charge in [0.1, 0.15) is 5.60 Å². The lowest BCUT2D eigenvalue weighted by molar-refractivity contribution is 0.0525. The van der Waals surface area contributed by atoms with Crippen LogP contribution < -0.4 is 5.32 Å². The van der Waals surface area contributed by atoms with Gasteiger partial charge in [-0.25, -0.2) is 4.79 Å². The van der Waals surface area contributed by atoms with Crippen LogP contribution in [-0.4, -0.2) is 56.0 Å². The molecule has 1 amide bonds. The van der Waals surface area contributed by atoms with E-state index in [4.69, 9.17) is 9.47 Å². The minimum Gasteiger partial charge on any atom is -0.444 e. The van der Waals surface area contributed by atoms with Gasteiger partial charge in [0.05, 0.1) is 6.61 Å². The van der Waals surface area contributed by atoms with E-state index in [-0.39, 0.29) is 6.09 Å². The van der Waals surface area contributed by atoms with E-state index >= 15 is 0 Å². The number of amides is 1. The Balaban J connectivity index is 2.05. The molecule has 0 aromatic heterocycles. The van der Waals surface area contributed by atoms with Crippen molar-refractivity contribution in [2.45, 2.75) is 39.2 Å². The molecule has 1 fully saturated rings. The highest BCUT2D eigenvalue weighted by Gasteiger charge is 2.15. The number of carbonyl (C=O) groups excluding carboxylic acids is 1. The Bertz CT molecular complexity index is 243. The van der Waals surface area contributed by atoms with Crippen molar-refractivity contribution in [1.29, 1.82) is 0 Å². The van der Waals surface area contributed by atoms with Crippen LogP contribution in [0.4, 0.5) is 4.79 Å². The number of hydrogen-bond donors (Lipinski definition) is 1. The first-order valence-corrected chi connectivity index (χ1v) is 6.74. The first-order chi connectivity index (χ1) is 8.47. The van der Waals surface area contributed by atoms with Crippen LogP contribution in [0.1, 0.15) is 33.6 Å². The van der Waals surface area contributed by atoms with E-state index < -0.39 is 5.60 Å². The van der Waals surface area contributed by atoms with Gasteiger partial charge in [0.2, 0.25) is 0 Å². The fourth-order valence-electron chi connectivity index (χ4n) is 1.83. The minimum absolute atomic E-state index is 0.332. The van der Waals surface area contributed by atoms with Gasteiger partial charge in [0.15, 0.2) is 0 Å². The van der Waals surface area contributed by atoms with Crippen LogP contribution in [0.15, 0.2) is 0 Å². The van der Waals surface area contributed by atoms with E-state index in [0.717, 1.165) is 45.7 Å². The lowest BCUT2D eigenvalue weighted by atomic mass is 10.2. The Kier molecular flexibility index (Phi) is 6.43. The van der Waals surface area contributed by atoms with E-state index in [0.29, 0.717) is 6.54 Å². The lowest BCUT2D eigenvalue weighted by Crippen LogP contribution is -2.35. The van der Waals surface area contributed by atoms with Gasteiger partial charge in [-0.3, -0.25) is 0 Å². The molecular formula is C13H26N2O3. The third kappa shape index (κ3) is 7.50. The van der Waals surface area contributed by atoms with Crippen molar-refractivity contribution < 1.29 is 14.3 Å². The highest BCUT2D eigenvalue weighted by atomic mass is 16.6. The van der Waals surface area contributed by atoms with Crippen molar-refractivity contribution in [3.8, 4) is 0 Å². The molecule has 0 aromatic rings. The number of hydrogen-bond acceptors (Lipinski definition) is 4. The molecule has 106 valence electrons. The van der Waals surface area contributed by atoms with Gasteiger partial charge in [-0.15, -0.1) is 0 Å². The van der Waals surface area contributed by atoms with Gasteiger partial charge < -0.3 is 19.7 Å². The minimum atomic E-state index is -0.424. The molecule has 1 heterocycles. The van der Waals surface area contributed by atoms with Crippen molar-refractivity contribution in [3.63, 3.8) is 0 Å². The summed E-state index contributed by atoms with van der Waals surface area (Å²) in [6.45, 7) is 11.0. The first-order valence-electron chi connectivity index (χ1n) is 6.74. The van der Waals surface area contributed by atoms with E-state index in [1.54, 1.807) is 0 Å². The Morgan fingerprint density at radius 1 is 1.33 bits per heavy atom. The summed E-state index contributed by atoms with van der Waals surface area (Å²) in [4.78, 5) is 13.8. The molecule has 0 spiro atoms. The second-order valence-corrected chi connectivity index (χ2v) is 5.59. The van der Waals surface area contributed by atoms with Gasteiger partial charge in [0, 0.05) is 26.2 Å². The van der Waals surface area contributed by atoms with Crippen molar-refractivity contribution >= 4 is 6.09 Å². The van der Waals surface area contributed by atoms with Crippen LogP contribution in [-0.2, 0) is 9.47 Å². The molecule has 1 N–H and O–H groups in total. The normalized spacial score (nSPS) is 18.2. The Hall–Kier alpha value is -0.810. The molecule has 0 saturated carbocycles. The zero-order valence-corrected chi connectivity index (χ0v) is 11.8. The van der Waals surface area contributed by atoms with Gasteiger partial charge in [0.25, 0.3) is 0 Å². The maximum absolute atomic E-state index is 11.4. The summed E-state index contributed by atoms with van der Waals surface area (Å²) >= 11 is 0. The molecule has 1 saturated heterocycles. The van der Waals surface area contributed by atoms with Crippen molar-refractivity contribution in [1.82, 2.24) is 10.2 Å². The summed E-state index contributed by atoms with van der Waals surface area (Å²) < 4.78 is 10.6. The number of nitrogens with zero attached hydrogens (tertiary/aromatic N) is 1. The van der Waals surface area contributed by atoms with Crippen LogP contribution in [0.2, 0.25) is 0 Å². The summed E-state index contributed by atoms with van der Waals surface area (Å²) in [5, 5.41) is 2.78. The van der Waals surface area contributed by atoms with E-state index in [1.165, 1.54) is 0 Å². The average molecular weight is 258 g/mol. The number of rotatable bonds is 4. The topological polar surface area (TPSA) is 50.8 Å². The van der Waals surface area contributed by atoms with Crippen molar-refractivity contribution in [2.24, 2.45) is 0 Å². The molecule has 5 nitrogen and oxygen atoms in total. The Morgan fingerprint density at radius 3 is 2.83 bits per heavy atom. The van der Waals surface area contributed by atoms with E-state index in [2.05, 4.69) is 10.2 Å². The predicted molar refractivity (Wildman–Crippen MR) is 70.7 cm³/mol. The highest BCUT2D eigenvalue weighted by Crippen LogP contribution is 2.06. The summed E-state index contributed by atoms with van der Waals surface area (Å²) in [7, 11) is 0. The molecule has 0 unspecified atom stereocenters. The fraction of sp³-hybridized carbons (Fsp3) is 0.923. The SMILES string of the molecule is CC(C)(C)OC(=O)NCCCN1CCCOCC1. The quantitative estimate of drug-likeness (QED) is 0.779. The summed E-state index contributed by atoms with van der Waals surface area (Å²) in [5.41, 5.74) is -0.424. The molecule has 18 heavy (non-hydrogen) atoms. The average Bonchev–Trinajstić information content (AvgIpc) is 2.50. The Labute approximate surface area is 110 Å². The first kappa shape index (κ1) is 15.2. The monoisotopic (exact) mass is 258 g/mol. The van der Waals surface area contributed by atoms with E-state index in [1.807, 2.05) is 20.8 Å². The number of ether oxygens (including phenoxy) is 2. The standard InChI is InChI=1S/C13H26N2O3/c1-13(2,3)18-12(16)14-6-4-7-15-8-5-10-17-11-9-15/h4-11H2,1-3H3,(H,14,16). The number of carbonyl (C=O) groups is 1. The van der Waals surface area contributed by atoms with Gasteiger partial charge in [-0.05, 0) is 40.2 Å². The highest BCUT2D eigenvalue weighted by molar-refractivity contribution is 5.67. The molecule has 5 heteroatoms. The molecule has 0 aromatic carbocycles. The zero-order chi connectivity index (χ0) is 13.4. The zero-order valence-electron chi connectivity index (χ0n) is 11.8. The predicted octanol–water partition coefficient (Wildman–Crippen LogP) is 1.62. The van der Waals surface area contributed by atoms with Crippen LogP contribution in [0, 0.1) is 0 Å². The summed E-state index contributed by atoms with van der Waals surface area (Å²) in [6.07, 6.45) is 1.71. The second-order valence-electron chi connectivity index (χ2n) is 5.59. The maximum atomic E-state index is 11.4. The van der Waals surface area contributed by atoms with Gasteiger partial charge >= 0.3 is 6.09 Å². The molecule has 0 bridgehead atoms. The molecule has 0 atom stereocenters. The largest absolute Gasteiger partial charge is 0.444 e. The van der Waals surface area contributed by atoms with E-state index in [9.17, 15) is 4.79 Å². The van der Waals surface area contributed by atoms with Crippen LogP contribution in [0.25, 0.3) is 0 Å². The molecule has 1 aliphatic rings. The fourth-order valence-corrected chi connectivity index (χ4v) is 1.83. The van der Waals surface area contributed by atoms with Crippen molar-refractivity contribution in [3.05, 3.63) is 0 Å². The van der Waals surface area contributed by atoms with Crippen LogP contribution in [0.5, 0.6) is 0 Å². The molecule has 1 aliphatic heterocycles. The molecular weight excluding hydrogens is 232 g/mol.